The van der Waals surface area contributed by atoms with Crippen LogP contribution in [0.2, 0.25) is 0 Å². The minimum absolute atomic E-state index is 0.616. The number of nitrogens with zero attached hydrogens (tertiary/aromatic N) is 2. The molecule has 0 bridgehead atoms. The summed E-state index contributed by atoms with van der Waals surface area (Å²) in [6, 6.07) is 7.97. The van der Waals surface area contributed by atoms with E-state index in [1.54, 1.807) is 11.3 Å². The number of thiazole rings is 1. The van der Waals surface area contributed by atoms with Crippen molar-refractivity contribution in [3.05, 3.63) is 24.3 Å². The Labute approximate surface area is 91.6 Å². The van der Waals surface area contributed by atoms with Crippen LogP contribution >= 0.6 is 11.3 Å². The van der Waals surface area contributed by atoms with Crippen molar-refractivity contribution in [3.8, 4) is 0 Å². The molecule has 5 heteroatoms. The molecule has 15 heavy (non-hydrogen) atoms. The minimum atomic E-state index is 0.616. The third kappa shape index (κ3) is 2.44. The zero-order chi connectivity index (χ0) is 10.5. The maximum absolute atomic E-state index is 4.95. The second-order valence-electron chi connectivity index (χ2n) is 2.79. The Bertz CT molecular complexity index is 433. The number of anilines is 1. The summed E-state index contributed by atoms with van der Waals surface area (Å²) in [7, 11) is 0. The van der Waals surface area contributed by atoms with Gasteiger partial charge in [-0.25, -0.2) is 10.4 Å². The van der Waals surface area contributed by atoms with Crippen molar-refractivity contribution in [2.45, 2.75) is 6.92 Å². The Morgan fingerprint density at radius 2 is 2.40 bits per heavy atom. The van der Waals surface area contributed by atoms with Crippen molar-refractivity contribution in [1.82, 2.24) is 4.98 Å². The zero-order valence-corrected chi connectivity index (χ0v) is 9.12. The second-order valence-corrected chi connectivity index (χ2v) is 3.82. The van der Waals surface area contributed by atoms with Crippen LogP contribution in [0.1, 0.15) is 6.92 Å². The van der Waals surface area contributed by atoms with E-state index in [1.807, 2.05) is 31.2 Å². The molecule has 4 nitrogen and oxygen atoms in total. The fraction of sp³-hybridized carbons (Fsp3) is 0.200. The summed E-state index contributed by atoms with van der Waals surface area (Å²) < 4.78 is 6.10. The van der Waals surface area contributed by atoms with Crippen molar-refractivity contribution in [2.75, 3.05) is 12.0 Å². The van der Waals surface area contributed by atoms with E-state index in [2.05, 4.69) is 15.5 Å². The zero-order valence-electron chi connectivity index (χ0n) is 8.30. The summed E-state index contributed by atoms with van der Waals surface area (Å²) >= 11 is 1.56. The smallest absolute Gasteiger partial charge is 0.204 e. The minimum Gasteiger partial charge on any atom is -0.482 e. The largest absolute Gasteiger partial charge is 0.482 e. The summed E-state index contributed by atoms with van der Waals surface area (Å²) in [4.78, 5) is 4.35. The van der Waals surface area contributed by atoms with Gasteiger partial charge in [0.2, 0.25) is 5.13 Å². The van der Waals surface area contributed by atoms with Crippen LogP contribution in [0.25, 0.3) is 10.2 Å². The lowest BCUT2D eigenvalue weighted by Gasteiger charge is -1.92. The van der Waals surface area contributed by atoms with Gasteiger partial charge in [-0.2, -0.15) is 0 Å². The van der Waals surface area contributed by atoms with E-state index in [0.717, 1.165) is 15.3 Å². The maximum Gasteiger partial charge on any atom is 0.204 e. The molecule has 0 aliphatic carbocycles. The Hall–Kier alpha value is -1.62. The van der Waals surface area contributed by atoms with Crippen molar-refractivity contribution in [3.63, 3.8) is 0 Å². The molecule has 0 spiro atoms. The predicted octanol–water partition coefficient (Wildman–Crippen LogP) is 2.69. The second kappa shape index (κ2) is 4.75. The van der Waals surface area contributed by atoms with E-state index >= 15 is 0 Å². The van der Waals surface area contributed by atoms with Crippen molar-refractivity contribution < 1.29 is 4.74 Å². The first-order chi connectivity index (χ1) is 7.40. The normalized spacial score (nSPS) is 11.0. The van der Waals surface area contributed by atoms with Crippen LogP contribution in [0.4, 0.5) is 5.13 Å². The summed E-state index contributed by atoms with van der Waals surface area (Å²) in [5.41, 5.74) is 3.80. The quantitative estimate of drug-likeness (QED) is 0.490. The highest BCUT2D eigenvalue weighted by atomic mass is 32.1. The lowest BCUT2D eigenvalue weighted by atomic mass is 10.3. The SMILES string of the molecule is CCO/C=N/Nc1nc2ccccc2s1. The van der Waals surface area contributed by atoms with E-state index in [0.29, 0.717) is 6.61 Å². The number of hydrogen-bond acceptors (Lipinski definition) is 5. The molecule has 1 aromatic carbocycles. The molecule has 1 heterocycles. The molecule has 0 amide bonds. The molecule has 0 radical (unpaired) electrons. The number of hydrogen-bond donors (Lipinski definition) is 1. The van der Waals surface area contributed by atoms with Crippen LogP contribution < -0.4 is 5.43 Å². The molecular formula is C10H11N3OS. The highest BCUT2D eigenvalue weighted by Gasteiger charge is 2.00. The molecule has 0 aliphatic heterocycles. The van der Waals surface area contributed by atoms with Crippen LogP contribution in [-0.4, -0.2) is 18.0 Å². The molecule has 2 rings (SSSR count). The van der Waals surface area contributed by atoms with Crippen molar-refractivity contribution in [2.24, 2.45) is 5.10 Å². The lowest BCUT2D eigenvalue weighted by molar-refractivity contribution is 0.343. The Morgan fingerprint density at radius 1 is 1.53 bits per heavy atom. The fourth-order valence-corrected chi connectivity index (χ4v) is 1.93. The average Bonchev–Trinajstić information content (AvgIpc) is 2.67. The van der Waals surface area contributed by atoms with Crippen LogP contribution in [0.5, 0.6) is 0 Å². The summed E-state index contributed by atoms with van der Waals surface area (Å²) in [5.74, 6) is 0. The van der Waals surface area contributed by atoms with Gasteiger partial charge in [-0.3, -0.25) is 0 Å². The molecule has 1 aromatic heterocycles. The van der Waals surface area contributed by atoms with Gasteiger partial charge in [0.25, 0.3) is 0 Å². The van der Waals surface area contributed by atoms with Crippen LogP contribution in [-0.2, 0) is 4.74 Å². The lowest BCUT2D eigenvalue weighted by Crippen LogP contribution is -1.91. The van der Waals surface area contributed by atoms with E-state index in [9.17, 15) is 0 Å². The number of nitrogens with one attached hydrogen (secondary N) is 1. The molecule has 78 valence electrons. The first-order valence-electron chi connectivity index (χ1n) is 4.65. The van der Waals surface area contributed by atoms with E-state index in [1.165, 1.54) is 6.40 Å². The van der Waals surface area contributed by atoms with Crippen molar-refractivity contribution >= 4 is 33.1 Å². The number of rotatable bonds is 4. The van der Waals surface area contributed by atoms with Crippen LogP contribution in [0.3, 0.4) is 0 Å². The molecule has 0 saturated carbocycles. The van der Waals surface area contributed by atoms with Crippen LogP contribution in [0, 0.1) is 0 Å². The van der Waals surface area contributed by atoms with E-state index in [4.69, 9.17) is 4.74 Å². The van der Waals surface area contributed by atoms with Gasteiger partial charge < -0.3 is 4.74 Å². The summed E-state index contributed by atoms with van der Waals surface area (Å²) in [5, 5.41) is 4.65. The third-order valence-electron chi connectivity index (χ3n) is 1.75. The summed E-state index contributed by atoms with van der Waals surface area (Å²) in [6.07, 6.45) is 1.38. The molecular weight excluding hydrogens is 210 g/mol. The molecule has 1 N–H and O–H groups in total. The number of hydrazone groups is 1. The van der Waals surface area contributed by atoms with Gasteiger partial charge in [0.05, 0.1) is 16.8 Å². The number of aromatic nitrogens is 1. The predicted molar refractivity (Wildman–Crippen MR) is 63.4 cm³/mol. The highest BCUT2D eigenvalue weighted by Crippen LogP contribution is 2.24. The number of para-hydroxylation sites is 1. The maximum atomic E-state index is 4.95. The van der Waals surface area contributed by atoms with Gasteiger partial charge in [0, 0.05) is 0 Å². The molecule has 0 aliphatic rings. The third-order valence-corrected chi connectivity index (χ3v) is 2.69. The number of benzene rings is 1. The van der Waals surface area contributed by atoms with Gasteiger partial charge in [-0.05, 0) is 19.1 Å². The Kier molecular flexibility index (Phi) is 3.14. The fourth-order valence-electron chi connectivity index (χ4n) is 1.11. The van der Waals surface area contributed by atoms with Gasteiger partial charge in [0.15, 0.2) is 6.40 Å². The van der Waals surface area contributed by atoms with Gasteiger partial charge >= 0.3 is 0 Å². The highest BCUT2D eigenvalue weighted by molar-refractivity contribution is 7.22. The Morgan fingerprint density at radius 3 is 3.20 bits per heavy atom. The number of ether oxygens (including phenoxy) is 1. The average molecular weight is 221 g/mol. The van der Waals surface area contributed by atoms with Gasteiger partial charge in [-0.1, -0.05) is 23.5 Å². The topological polar surface area (TPSA) is 46.5 Å². The summed E-state index contributed by atoms with van der Waals surface area (Å²) in [6.45, 7) is 2.52. The van der Waals surface area contributed by atoms with Gasteiger partial charge in [-0.15, -0.1) is 5.10 Å². The Balaban J connectivity index is 2.09. The monoisotopic (exact) mass is 221 g/mol. The van der Waals surface area contributed by atoms with Crippen molar-refractivity contribution in [1.29, 1.82) is 0 Å². The van der Waals surface area contributed by atoms with Gasteiger partial charge in [0.1, 0.15) is 0 Å². The molecule has 2 aromatic rings. The molecule has 0 fully saturated rings. The first-order valence-corrected chi connectivity index (χ1v) is 5.46. The van der Waals surface area contributed by atoms with E-state index in [-0.39, 0.29) is 0 Å². The molecule has 0 atom stereocenters. The molecule has 0 saturated heterocycles. The number of fused-ring (bicyclic) bond motifs is 1. The van der Waals surface area contributed by atoms with Crippen LogP contribution in [0.15, 0.2) is 29.4 Å². The van der Waals surface area contributed by atoms with E-state index < -0.39 is 0 Å². The first kappa shape index (κ1) is 9.92. The standard InChI is InChI=1S/C10H11N3OS/c1-2-14-7-11-13-10-12-8-5-3-4-6-9(8)15-10/h3-7H,2H2,1H3,(H,12,13)/b11-7+. The molecule has 0 unspecified atom stereocenters.